The number of carbonyl (C=O) groups excluding carboxylic acids is 2. The Morgan fingerprint density at radius 1 is 0.824 bits per heavy atom. The second-order valence-corrected chi connectivity index (χ2v) is 7.72. The smallest absolute Gasteiger partial charge is 0.338 e. The second kappa shape index (κ2) is 9.58. The lowest BCUT2D eigenvalue weighted by Crippen LogP contribution is -2.39. The van der Waals surface area contributed by atoms with Crippen molar-refractivity contribution in [2.75, 3.05) is 7.11 Å². The van der Waals surface area contributed by atoms with Gasteiger partial charge in [0.2, 0.25) is 0 Å². The quantitative estimate of drug-likeness (QED) is 0.412. The van der Waals surface area contributed by atoms with Crippen LogP contribution in [0.15, 0.2) is 82.4 Å². The van der Waals surface area contributed by atoms with Crippen LogP contribution in [-0.4, -0.2) is 28.2 Å². The molecule has 0 unspecified atom stereocenters. The summed E-state index contributed by atoms with van der Waals surface area (Å²) < 4.78 is 12.5. The van der Waals surface area contributed by atoms with Crippen molar-refractivity contribution >= 4 is 22.8 Å². The Labute approximate surface area is 194 Å². The molecule has 0 saturated carbocycles. The molecule has 0 aliphatic heterocycles. The highest BCUT2D eigenvalue weighted by atomic mass is 16.5. The first kappa shape index (κ1) is 22.7. The van der Waals surface area contributed by atoms with E-state index in [2.05, 4.69) is 4.74 Å². The molecule has 0 radical (unpaired) electrons. The molecule has 0 aliphatic rings. The first-order valence-electron chi connectivity index (χ1n) is 10.5. The lowest BCUT2D eigenvalue weighted by atomic mass is 10.1. The van der Waals surface area contributed by atoms with Gasteiger partial charge in [0.15, 0.2) is 0 Å². The fraction of sp³-hybridized carbons (Fsp3) is 0.154. The molecule has 34 heavy (non-hydrogen) atoms. The van der Waals surface area contributed by atoms with Gasteiger partial charge in [0.05, 0.1) is 35.7 Å². The van der Waals surface area contributed by atoms with Crippen molar-refractivity contribution in [2.45, 2.75) is 13.2 Å². The number of ether oxygens (including phenoxy) is 2. The zero-order chi connectivity index (χ0) is 24.2. The predicted molar refractivity (Wildman–Crippen MR) is 126 cm³/mol. The maximum atomic E-state index is 13.2. The van der Waals surface area contributed by atoms with E-state index in [9.17, 15) is 19.2 Å². The average Bonchev–Trinajstić information content (AvgIpc) is 2.88. The largest absolute Gasteiger partial charge is 0.465 e. The van der Waals surface area contributed by atoms with Crippen molar-refractivity contribution in [3.05, 3.63) is 116 Å². The van der Waals surface area contributed by atoms with E-state index in [1.165, 1.54) is 23.8 Å². The molecular weight excluding hydrogens is 436 g/mol. The molecule has 0 bridgehead atoms. The molecule has 0 spiro atoms. The lowest BCUT2D eigenvalue weighted by molar-refractivity contribution is 0.0472. The van der Waals surface area contributed by atoms with Gasteiger partial charge in [0, 0.05) is 7.05 Å². The number of fused-ring (bicyclic) bond motifs is 1. The SMILES string of the molecule is COC(=O)c1ccc(Cn2c(=O)c3cc(C(=O)OCc4ccccc4)ccc3n(C)c2=O)cc1. The first-order chi connectivity index (χ1) is 16.4. The maximum Gasteiger partial charge on any atom is 0.338 e. The molecule has 8 heteroatoms. The van der Waals surface area contributed by atoms with Gasteiger partial charge in [-0.15, -0.1) is 0 Å². The molecule has 0 saturated heterocycles. The molecule has 0 atom stereocenters. The molecule has 4 aromatic rings. The number of rotatable bonds is 6. The highest BCUT2D eigenvalue weighted by Gasteiger charge is 2.15. The molecular formula is C26H22N2O6. The summed E-state index contributed by atoms with van der Waals surface area (Å²) in [4.78, 5) is 50.3. The Bertz CT molecular complexity index is 1480. The molecule has 1 heterocycles. The van der Waals surface area contributed by atoms with Crippen molar-refractivity contribution in [1.82, 2.24) is 9.13 Å². The molecule has 4 rings (SSSR count). The molecule has 8 nitrogen and oxygen atoms in total. The molecule has 0 fully saturated rings. The number of hydrogen-bond donors (Lipinski definition) is 0. The molecule has 0 N–H and O–H groups in total. The van der Waals surface area contributed by atoms with Crippen LogP contribution < -0.4 is 11.2 Å². The summed E-state index contributed by atoms with van der Waals surface area (Å²) in [5.41, 5.74) is 1.48. The van der Waals surface area contributed by atoms with Crippen LogP contribution in [0.25, 0.3) is 10.9 Å². The van der Waals surface area contributed by atoms with Crippen LogP contribution in [0.4, 0.5) is 0 Å². The Balaban J connectivity index is 1.66. The summed E-state index contributed by atoms with van der Waals surface area (Å²) in [6.45, 7) is 0.113. The molecule has 3 aromatic carbocycles. The minimum Gasteiger partial charge on any atom is -0.465 e. The van der Waals surface area contributed by atoms with Gasteiger partial charge >= 0.3 is 17.6 Å². The average molecular weight is 458 g/mol. The maximum absolute atomic E-state index is 13.2. The van der Waals surface area contributed by atoms with Crippen LogP contribution in [0.2, 0.25) is 0 Å². The minimum absolute atomic E-state index is 0.00554. The highest BCUT2D eigenvalue weighted by molar-refractivity contribution is 5.94. The third kappa shape index (κ3) is 4.52. The van der Waals surface area contributed by atoms with E-state index in [1.54, 1.807) is 37.4 Å². The molecule has 0 aliphatic carbocycles. The predicted octanol–water partition coefficient (Wildman–Crippen LogP) is 2.89. The number of carbonyl (C=O) groups is 2. The number of aromatic nitrogens is 2. The minimum atomic E-state index is -0.566. The Morgan fingerprint density at radius 2 is 1.50 bits per heavy atom. The van der Waals surface area contributed by atoms with Gasteiger partial charge in [-0.2, -0.15) is 0 Å². The van der Waals surface area contributed by atoms with Gasteiger partial charge in [0.25, 0.3) is 5.56 Å². The molecule has 1 aromatic heterocycles. The summed E-state index contributed by atoms with van der Waals surface area (Å²) in [6, 6.07) is 20.3. The van der Waals surface area contributed by atoms with Crippen molar-refractivity contribution in [1.29, 1.82) is 0 Å². The number of esters is 2. The fourth-order valence-corrected chi connectivity index (χ4v) is 3.64. The van der Waals surface area contributed by atoms with E-state index < -0.39 is 23.2 Å². The number of methoxy groups -OCH3 is 1. The van der Waals surface area contributed by atoms with Gasteiger partial charge in [-0.25, -0.2) is 14.4 Å². The van der Waals surface area contributed by atoms with Crippen LogP contribution in [0.3, 0.4) is 0 Å². The monoisotopic (exact) mass is 458 g/mol. The summed E-state index contributed by atoms with van der Waals surface area (Å²) in [7, 11) is 2.86. The Morgan fingerprint density at radius 3 is 2.18 bits per heavy atom. The zero-order valence-corrected chi connectivity index (χ0v) is 18.7. The van der Waals surface area contributed by atoms with E-state index in [1.807, 2.05) is 30.3 Å². The summed E-state index contributed by atoms with van der Waals surface area (Å²) in [5, 5.41) is 0.224. The van der Waals surface area contributed by atoms with Gasteiger partial charge < -0.3 is 9.47 Å². The van der Waals surface area contributed by atoms with Gasteiger partial charge in [-0.3, -0.25) is 13.9 Å². The van der Waals surface area contributed by atoms with Gasteiger partial charge in [0.1, 0.15) is 6.61 Å². The van der Waals surface area contributed by atoms with Crippen molar-refractivity contribution < 1.29 is 19.1 Å². The first-order valence-corrected chi connectivity index (χ1v) is 10.5. The Kier molecular flexibility index (Phi) is 6.40. The van der Waals surface area contributed by atoms with Crippen LogP contribution in [0, 0.1) is 0 Å². The molecule has 172 valence electrons. The topological polar surface area (TPSA) is 96.6 Å². The highest BCUT2D eigenvalue weighted by Crippen LogP contribution is 2.14. The van der Waals surface area contributed by atoms with Crippen LogP contribution in [0.5, 0.6) is 0 Å². The fourth-order valence-electron chi connectivity index (χ4n) is 3.64. The number of nitrogens with zero attached hydrogens (tertiary/aromatic N) is 2. The number of benzene rings is 3. The van der Waals surface area contributed by atoms with E-state index in [0.717, 1.165) is 10.1 Å². The zero-order valence-electron chi connectivity index (χ0n) is 18.7. The van der Waals surface area contributed by atoms with E-state index >= 15 is 0 Å². The van der Waals surface area contributed by atoms with Crippen LogP contribution >= 0.6 is 0 Å². The summed E-state index contributed by atoms with van der Waals surface area (Å²) >= 11 is 0. The molecule has 0 amide bonds. The van der Waals surface area contributed by atoms with E-state index in [4.69, 9.17) is 4.74 Å². The van der Waals surface area contributed by atoms with E-state index in [-0.39, 0.29) is 24.1 Å². The van der Waals surface area contributed by atoms with Crippen LogP contribution in [-0.2, 0) is 29.7 Å². The third-order valence-electron chi connectivity index (χ3n) is 5.52. The van der Waals surface area contributed by atoms with Gasteiger partial charge in [-0.1, -0.05) is 42.5 Å². The van der Waals surface area contributed by atoms with E-state index in [0.29, 0.717) is 16.6 Å². The van der Waals surface area contributed by atoms with Crippen molar-refractivity contribution in [3.8, 4) is 0 Å². The Hall–Kier alpha value is -4.46. The van der Waals surface area contributed by atoms with Crippen molar-refractivity contribution in [3.63, 3.8) is 0 Å². The summed E-state index contributed by atoms with van der Waals surface area (Å²) in [5.74, 6) is -1.04. The normalized spacial score (nSPS) is 10.8. The second-order valence-electron chi connectivity index (χ2n) is 7.72. The number of aryl methyl sites for hydroxylation is 1. The third-order valence-corrected chi connectivity index (χ3v) is 5.52. The standard InChI is InChI=1S/C26H22N2O6/c1-27-22-13-12-20(25(31)34-16-18-6-4-3-5-7-18)14-21(22)23(29)28(26(27)32)15-17-8-10-19(11-9-17)24(30)33-2/h3-14H,15-16H2,1-2H3. The number of hydrogen-bond acceptors (Lipinski definition) is 6. The summed E-state index contributed by atoms with van der Waals surface area (Å²) in [6.07, 6.45) is 0. The van der Waals surface area contributed by atoms with Gasteiger partial charge in [-0.05, 0) is 41.5 Å². The van der Waals surface area contributed by atoms with Crippen molar-refractivity contribution in [2.24, 2.45) is 7.05 Å². The lowest BCUT2D eigenvalue weighted by Gasteiger charge is -2.12. The van der Waals surface area contributed by atoms with Crippen LogP contribution in [0.1, 0.15) is 31.8 Å².